The second-order valence-corrected chi connectivity index (χ2v) is 20.7. The number of ether oxygens (including phenoxy) is 1. The van der Waals surface area contributed by atoms with Crippen molar-refractivity contribution in [2.24, 2.45) is 17.1 Å². The summed E-state index contributed by atoms with van der Waals surface area (Å²) in [6.07, 6.45) is 30.1. The van der Waals surface area contributed by atoms with Crippen molar-refractivity contribution in [1.82, 2.24) is 0 Å². The van der Waals surface area contributed by atoms with E-state index in [1.54, 1.807) is 0 Å². The van der Waals surface area contributed by atoms with Crippen molar-refractivity contribution in [3.63, 3.8) is 0 Å². The van der Waals surface area contributed by atoms with Crippen molar-refractivity contribution in [1.29, 1.82) is 0 Å². The van der Waals surface area contributed by atoms with Gasteiger partial charge in [-0.1, -0.05) is 141 Å². The van der Waals surface area contributed by atoms with Crippen LogP contribution in [0, 0.1) is 25.6 Å². The molecule has 2 saturated carbocycles. The molecule has 0 aromatic heterocycles. The summed E-state index contributed by atoms with van der Waals surface area (Å²) in [5.41, 5.74) is 7.94. The molecule has 0 saturated heterocycles. The number of aromatic hydroxyl groups is 1. The number of hydrogen-bond donors (Lipinski definition) is 4. The summed E-state index contributed by atoms with van der Waals surface area (Å²) in [6, 6.07) is 8.24. The maximum atomic E-state index is 11.8. The van der Waals surface area contributed by atoms with Gasteiger partial charge >= 0.3 is 0 Å². The first-order chi connectivity index (χ1) is 25.1. The molecule has 294 valence electrons. The van der Waals surface area contributed by atoms with Crippen molar-refractivity contribution in [2.75, 3.05) is 0 Å². The molecule has 2 aromatic carbocycles. The SMILES string of the molecule is NC1(C(Cc2cc(I)c(Oc3cc(I)c(O)c(I)c3)c(I)c2)C2(C(O)O)CCCCCCCCCCCCCC2)CCCCCCCCCCCC1. The van der Waals surface area contributed by atoms with Crippen LogP contribution in [0.3, 0.4) is 0 Å². The molecule has 0 aliphatic heterocycles. The number of benzene rings is 2. The average Bonchev–Trinajstić information content (AvgIpc) is 3.11. The van der Waals surface area contributed by atoms with E-state index < -0.39 is 17.2 Å². The Morgan fingerprint density at radius 1 is 0.538 bits per heavy atom. The van der Waals surface area contributed by atoms with Gasteiger partial charge in [-0.15, -0.1) is 0 Å². The zero-order valence-corrected chi connectivity index (χ0v) is 40.0. The maximum absolute atomic E-state index is 11.8. The summed E-state index contributed by atoms with van der Waals surface area (Å²) in [7, 11) is 0. The predicted octanol–water partition coefficient (Wildman–Crippen LogP) is 13.9. The van der Waals surface area contributed by atoms with Crippen LogP contribution in [0.2, 0.25) is 0 Å². The molecule has 0 radical (unpaired) electrons. The number of halogens is 4. The van der Waals surface area contributed by atoms with Gasteiger partial charge in [-0.05, 0) is 158 Å². The second-order valence-electron chi connectivity index (χ2n) is 16.1. The van der Waals surface area contributed by atoms with Crippen molar-refractivity contribution in [3.05, 3.63) is 44.1 Å². The summed E-state index contributed by atoms with van der Waals surface area (Å²) in [5.74, 6) is 1.75. The Morgan fingerprint density at radius 2 is 0.885 bits per heavy atom. The molecule has 2 aliphatic carbocycles. The maximum Gasteiger partial charge on any atom is 0.157 e. The first-order valence-electron chi connectivity index (χ1n) is 20.5. The van der Waals surface area contributed by atoms with Crippen LogP contribution >= 0.6 is 90.4 Å². The number of phenols is 1. The van der Waals surface area contributed by atoms with E-state index >= 15 is 0 Å². The van der Waals surface area contributed by atoms with Gasteiger partial charge in [0.05, 0.1) is 14.3 Å². The molecule has 5 nitrogen and oxygen atoms in total. The van der Waals surface area contributed by atoms with Crippen LogP contribution in [0.4, 0.5) is 0 Å². The summed E-state index contributed by atoms with van der Waals surface area (Å²) >= 11 is 9.09. The van der Waals surface area contributed by atoms with Gasteiger partial charge < -0.3 is 25.8 Å². The van der Waals surface area contributed by atoms with Crippen LogP contribution in [-0.4, -0.2) is 27.1 Å². The molecular weight excluding hydrogens is 1100 g/mol. The monoisotopic (exact) mass is 1170 g/mol. The molecule has 2 fully saturated rings. The van der Waals surface area contributed by atoms with Crippen LogP contribution in [0.5, 0.6) is 17.2 Å². The van der Waals surface area contributed by atoms with Gasteiger partial charge in [0.2, 0.25) is 0 Å². The predicted molar refractivity (Wildman–Crippen MR) is 250 cm³/mol. The number of hydrogen-bond acceptors (Lipinski definition) is 5. The van der Waals surface area contributed by atoms with Gasteiger partial charge in [-0.3, -0.25) is 0 Å². The van der Waals surface area contributed by atoms with Crippen molar-refractivity contribution < 1.29 is 20.1 Å². The molecule has 0 amide bonds. The van der Waals surface area contributed by atoms with E-state index in [9.17, 15) is 15.3 Å². The van der Waals surface area contributed by atoms with Gasteiger partial charge in [0, 0.05) is 11.0 Å². The Balaban J connectivity index is 1.74. The van der Waals surface area contributed by atoms with Gasteiger partial charge in [0.25, 0.3) is 0 Å². The van der Waals surface area contributed by atoms with Crippen molar-refractivity contribution >= 4 is 90.4 Å². The van der Waals surface area contributed by atoms with Crippen LogP contribution in [0.25, 0.3) is 0 Å². The molecule has 1 unspecified atom stereocenters. The fourth-order valence-corrected chi connectivity index (χ4v) is 13.0. The second kappa shape index (κ2) is 23.9. The number of aliphatic hydroxyl groups excluding tert-OH is 1. The minimum absolute atomic E-state index is 0.0561. The van der Waals surface area contributed by atoms with Crippen LogP contribution in [0.15, 0.2) is 24.3 Å². The lowest BCUT2D eigenvalue weighted by Gasteiger charge is -2.51. The zero-order chi connectivity index (χ0) is 37.4. The normalized spacial score (nSPS) is 21.5. The molecular formula is C43H65I4NO4. The minimum atomic E-state index is -1.40. The molecule has 4 rings (SSSR count). The van der Waals surface area contributed by atoms with E-state index in [0.29, 0.717) is 5.75 Å². The zero-order valence-electron chi connectivity index (χ0n) is 31.4. The fourth-order valence-electron chi connectivity index (χ4n) is 9.15. The lowest BCUT2D eigenvalue weighted by Crippen LogP contribution is -2.58. The highest BCUT2D eigenvalue weighted by Crippen LogP contribution is 2.51. The van der Waals surface area contributed by atoms with Gasteiger partial charge in [0.1, 0.15) is 11.5 Å². The summed E-state index contributed by atoms with van der Waals surface area (Å²) in [5, 5.41) is 33.8. The third kappa shape index (κ3) is 14.0. The molecule has 1 atom stereocenters. The van der Waals surface area contributed by atoms with E-state index in [-0.39, 0.29) is 11.7 Å². The van der Waals surface area contributed by atoms with Crippen molar-refractivity contribution in [2.45, 2.75) is 185 Å². The molecule has 0 bridgehead atoms. The molecule has 52 heavy (non-hydrogen) atoms. The molecule has 5 N–H and O–H groups in total. The Kier molecular flexibility index (Phi) is 21.0. The molecule has 2 aromatic rings. The number of rotatable bonds is 7. The van der Waals surface area contributed by atoms with Crippen LogP contribution in [0.1, 0.15) is 173 Å². The topological polar surface area (TPSA) is 95.9 Å². The standard InChI is InChI=1S/C43H65I4NO4/c44-34-30-33(31-35(45)39(34)49)52-40-36(46)27-32(28-37(40)47)29-38(43(48)25-21-17-13-9-5-6-10-14-18-22-26-43)42(41(50)51)23-19-15-11-7-3-1-2-4-8-12-16-20-24-42/h27-28,30-31,38,41,49-51H,1-26,29,48H2. The third-order valence-electron chi connectivity index (χ3n) is 12.2. The minimum Gasteiger partial charge on any atom is -0.506 e. The first kappa shape index (κ1) is 45.5. The van der Waals surface area contributed by atoms with Crippen LogP contribution in [-0.2, 0) is 6.42 Å². The highest BCUT2D eigenvalue weighted by atomic mass is 127. The molecule has 0 spiro atoms. The first-order valence-corrected chi connectivity index (χ1v) is 24.9. The summed E-state index contributed by atoms with van der Waals surface area (Å²) < 4.78 is 10.1. The highest BCUT2D eigenvalue weighted by Gasteiger charge is 2.51. The lowest BCUT2D eigenvalue weighted by molar-refractivity contribution is -0.180. The fraction of sp³-hybridized carbons (Fsp3) is 0.721. The van der Waals surface area contributed by atoms with Gasteiger partial charge in [-0.25, -0.2) is 0 Å². The van der Waals surface area contributed by atoms with E-state index in [1.165, 1.54) is 108 Å². The summed E-state index contributed by atoms with van der Waals surface area (Å²) in [6.45, 7) is 0. The molecule has 2 aliphatic rings. The quantitative estimate of drug-likeness (QED) is 0.164. The van der Waals surface area contributed by atoms with E-state index in [4.69, 9.17) is 10.5 Å². The van der Waals surface area contributed by atoms with Gasteiger partial charge in [-0.2, -0.15) is 0 Å². The van der Waals surface area contributed by atoms with E-state index in [2.05, 4.69) is 102 Å². The summed E-state index contributed by atoms with van der Waals surface area (Å²) in [4.78, 5) is 0. The highest BCUT2D eigenvalue weighted by molar-refractivity contribution is 14.1. The Bertz CT molecular complexity index is 1280. The van der Waals surface area contributed by atoms with E-state index in [0.717, 1.165) is 90.7 Å². The Hall–Kier alpha value is 0.840. The number of nitrogens with two attached hydrogens (primary N) is 1. The number of aliphatic hydroxyl groups is 2. The van der Waals surface area contributed by atoms with Crippen LogP contribution < -0.4 is 10.5 Å². The Labute approximate surface area is 370 Å². The lowest BCUT2D eigenvalue weighted by atomic mass is 9.57. The smallest absolute Gasteiger partial charge is 0.157 e. The third-order valence-corrected chi connectivity index (χ3v) is 15.4. The van der Waals surface area contributed by atoms with Gasteiger partial charge in [0.15, 0.2) is 12.0 Å². The molecule has 0 heterocycles. The molecule has 9 heteroatoms. The van der Waals surface area contributed by atoms with E-state index in [1.807, 2.05) is 12.1 Å². The largest absolute Gasteiger partial charge is 0.506 e. The Morgan fingerprint density at radius 3 is 1.25 bits per heavy atom. The average molecular weight is 1170 g/mol. The number of phenolic OH excluding ortho intramolecular Hbond substituents is 1. The van der Waals surface area contributed by atoms with Crippen molar-refractivity contribution in [3.8, 4) is 17.2 Å².